The number of carbonyl (C=O) groups is 2. The summed E-state index contributed by atoms with van der Waals surface area (Å²) in [6.07, 6.45) is -2.67. The van der Waals surface area contributed by atoms with E-state index in [4.69, 9.17) is 4.74 Å². The molecule has 146 valence electrons. The lowest BCUT2D eigenvalue weighted by atomic mass is 9.86. The number of likely N-dealkylation sites (tertiary alicyclic amines) is 1. The third-order valence-corrected chi connectivity index (χ3v) is 6.14. The van der Waals surface area contributed by atoms with Crippen molar-refractivity contribution in [1.29, 1.82) is 0 Å². The second-order valence-electron chi connectivity index (χ2n) is 7.67. The third-order valence-electron chi connectivity index (χ3n) is 6.14. The number of nitrogens with zero attached hydrogens (tertiary/aromatic N) is 1. The molecule has 5 nitrogen and oxygen atoms in total. The first-order valence-electron chi connectivity index (χ1n) is 9.17. The van der Waals surface area contributed by atoms with Gasteiger partial charge in [-0.25, -0.2) is 4.79 Å². The van der Waals surface area contributed by atoms with E-state index < -0.39 is 17.8 Å². The van der Waals surface area contributed by atoms with Gasteiger partial charge in [-0.2, -0.15) is 13.2 Å². The molecule has 2 aliphatic heterocycles. The highest BCUT2D eigenvalue weighted by Gasteiger charge is 2.58. The smallest absolute Gasteiger partial charge is 0.416 e. The fourth-order valence-corrected chi connectivity index (χ4v) is 4.43. The topological polar surface area (TPSA) is 58.6 Å². The predicted octanol–water partition coefficient (Wildman–Crippen LogP) is 2.94. The van der Waals surface area contributed by atoms with Crippen LogP contribution in [-0.2, 0) is 21.1 Å². The molecule has 4 rings (SSSR count). The van der Waals surface area contributed by atoms with Crippen molar-refractivity contribution in [3.8, 4) is 0 Å². The Labute approximate surface area is 154 Å². The summed E-state index contributed by atoms with van der Waals surface area (Å²) in [5, 5.41) is 2.59. The van der Waals surface area contributed by atoms with Gasteiger partial charge in [0.05, 0.1) is 18.1 Å². The van der Waals surface area contributed by atoms with E-state index in [9.17, 15) is 22.8 Å². The van der Waals surface area contributed by atoms with Gasteiger partial charge in [0, 0.05) is 25.0 Å². The molecular formula is C19H21F3N2O3. The number of ether oxygens (including phenoxy) is 1. The van der Waals surface area contributed by atoms with Crippen molar-refractivity contribution in [3.63, 3.8) is 0 Å². The molecule has 2 amide bonds. The maximum absolute atomic E-state index is 12.8. The van der Waals surface area contributed by atoms with Gasteiger partial charge in [-0.15, -0.1) is 0 Å². The zero-order valence-corrected chi connectivity index (χ0v) is 14.7. The minimum Gasteiger partial charge on any atom is -0.450 e. The quantitative estimate of drug-likeness (QED) is 0.856. The molecule has 8 heteroatoms. The average Bonchev–Trinajstić information content (AvgIpc) is 3.40. The van der Waals surface area contributed by atoms with Gasteiger partial charge in [-0.1, -0.05) is 12.1 Å². The molecule has 3 fully saturated rings. The Kier molecular flexibility index (Phi) is 4.31. The maximum Gasteiger partial charge on any atom is 0.416 e. The Morgan fingerprint density at radius 3 is 2.67 bits per heavy atom. The van der Waals surface area contributed by atoms with Crippen LogP contribution >= 0.6 is 0 Å². The van der Waals surface area contributed by atoms with Crippen molar-refractivity contribution in [1.82, 2.24) is 10.2 Å². The highest BCUT2D eigenvalue weighted by atomic mass is 19.4. The van der Waals surface area contributed by atoms with E-state index in [2.05, 4.69) is 5.32 Å². The highest BCUT2D eigenvalue weighted by molar-refractivity contribution is 5.80. The summed E-state index contributed by atoms with van der Waals surface area (Å²) in [6.45, 7) is 1.71. The number of benzene rings is 1. The van der Waals surface area contributed by atoms with Crippen LogP contribution in [0.2, 0.25) is 0 Å². The van der Waals surface area contributed by atoms with Crippen molar-refractivity contribution in [2.45, 2.75) is 30.9 Å². The van der Waals surface area contributed by atoms with E-state index in [0.29, 0.717) is 19.5 Å². The SMILES string of the molecule is O=C1NC[C@H](C(=O)N2CC[C@@]3(c4ccc(C(F)(F)F)cc4)C[C@H]3C2)CCO1. The number of fused-ring (bicyclic) bond motifs is 1. The number of carbonyl (C=O) groups excluding carboxylic acids is 2. The van der Waals surface area contributed by atoms with E-state index in [0.717, 1.165) is 30.5 Å². The zero-order valence-electron chi connectivity index (χ0n) is 14.7. The summed E-state index contributed by atoms with van der Waals surface area (Å²) < 4.78 is 43.2. The first-order valence-corrected chi connectivity index (χ1v) is 9.17. The molecule has 1 aromatic rings. The van der Waals surface area contributed by atoms with E-state index in [1.165, 1.54) is 0 Å². The van der Waals surface area contributed by atoms with E-state index in [-0.39, 0.29) is 36.3 Å². The fraction of sp³-hybridized carbons (Fsp3) is 0.579. The van der Waals surface area contributed by atoms with E-state index in [1.54, 1.807) is 12.1 Å². The zero-order chi connectivity index (χ0) is 19.2. The number of alkyl halides is 3. The molecule has 2 saturated heterocycles. The van der Waals surface area contributed by atoms with Crippen LogP contribution in [0.3, 0.4) is 0 Å². The van der Waals surface area contributed by atoms with Gasteiger partial charge < -0.3 is 15.0 Å². The minimum absolute atomic E-state index is 0.0220. The minimum atomic E-state index is -4.33. The van der Waals surface area contributed by atoms with Crippen molar-refractivity contribution in [2.24, 2.45) is 11.8 Å². The Hall–Kier alpha value is -2.25. The van der Waals surface area contributed by atoms with Crippen molar-refractivity contribution in [3.05, 3.63) is 35.4 Å². The second-order valence-corrected chi connectivity index (χ2v) is 7.67. The van der Waals surface area contributed by atoms with E-state index in [1.807, 2.05) is 4.90 Å². The number of amides is 2. The van der Waals surface area contributed by atoms with Crippen LogP contribution in [0.5, 0.6) is 0 Å². The molecule has 0 unspecified atom stereocenters. The van der Waals surface area contributed by atoms with Crippen LogP contribution in [0, 0.1) is 11.8 Å². The standard InChI is InChI=1S/C19H21F3N2O3/c20-19(21,22)14-3-1-13(2-4-14)18-6-7-24(11-15(18)9-18)16(25)12-5-8-27-17(26)23-10-12/h1-4,12,15H,5-11H2,(H,23,26)/t12-,15+,18+/m1/s1. The number of rotatable bonds is 2. The Morgan fingerprint density at radius 2 is 2.00 bits per heavy atom. The molecule has 27 heavy (non-hydrogen) atoms. The van der Waals surface area contributed by atoms with Crippen LogP contribution < -0.4 is 5.32 Å². The average molecular weight is 382 g/mol. The third kappa shape index (κ3) is 3.37. The molecule has 1 saturated carbocycles. The summed E-state index contributed by atoms with van der Waals surface area (Å²) in [5.41, 5.74) is 0.203. The molecular weight excluding hydrogens is 361 g/mol. The van der Waals surface area contributed by atoms with Gasteiger partial charge in [-0.3, -0.25) is 4.79 Å². The maximum atomic E-state index is 12.8. The Balaban J connectivity index is 1.40. The van der Waals surface area contributed by atoms with Crippen LogP contribution in [0.15, 0.2) is 24.3 Å². The van der Waals surface area contributed by atoms with Crippen LogP contribution in [0.25, 0.3) is 0 Å². The number of hydrogen-bond donors (Lipinski definition) is 1. The van der Waals surface area contributed by atoms with Gasteiger partial charge in [0.25, 0.3) is 0 Å². The molecule has 3 aliphatic rings. The first kappa shape index (κ1) is 18.1. The number of nitrogens with one attached hydrogen (secondary N) is 1. The van der Waals surface area contributed by atoms with Gasteiger partial charge in [0.1, 0.15) is 0 Å². The Morgan fingerprint density at radius 1 is 1.26 bits per heavy atom. The largest absolute Gasteiger partial charge is 0.450 e. The van der Waals surface area contributed by atoms with Gasteiger partial charge in [0.15, 0.2) is 0 Å². The number of hydrogen-bond acceptors (Lipinski definition) is 3. The normalized spacial score (nSPS) is 30.6. The first-order chi connectivity index (χ1) is 12.8. The summed E-state index contributed by atoms with van der Waals surface area (Å²) in [4.78, 5) is 25.8. The second kappa shape index (κ2) is 6.42. The Bertz CT molecular complexity index is 750. The van der Waals surface area contributed by atoms with Gasteiger partial charge >= 0.3 is 12.3 Å². The lowest BCUT2D eigenvalue weighted by molar-refractivity contribution is -0.138. The highest BCUT2D eigenvalue weighted by Crippen LogP contribution is 2.59. The summed E-state index contributed by atoms with van der Waals surface area (Å²) in [7, 11) is 0. The number of halogens is 3. The van der Waals surface area contributed by atoms with Gasteiger partial charge in [-0.05, 0) is 42.9 Å². The monoisotopic (exact) mass is 382 g/mol. The molecule has 2 heterocycles. The molecule has 1 aliphatic carbocycles. The van der Waals surface area contributed by atoms with Crippen LogP contribution in [0.4, 0.5) is 18.0 Å². The van der Waals surface area contributed by atoms with Crippen molar-refractivity contribution in [2.75, 3.05) is 26.2 Å². The molecule has 1 aromatic carbocycles. The molecule has 0 radical (unpaired) electrons. The molecule has 1 N–H and O–H groups in total. The molecule has 3 atom stereocenters. The number of piperidine rings is 1. The number of cyclic esters (lactones) is 1. The summed E-state index contributed by atoms with van der Waals surface area (Å²) >= 11 is 0. The lowest BCUT2D eigenvalue weighted by Crippen LogP contribution is -2.45. The summed E-state index contributed by atoms with van der Waals surface area (Å²) in [5.74, 6) is 0.0195. The fourth-order valence-electron chi connectivity index (χ4n) is 4.43. The molecule has 0 spiro atoms. The van der Waals surface area contributed by atoms with Crippen molar-refractivity contribution < 1.29 is 27.5 Å². The lowest BCUT2D eigenvalue weighted by Gasteiger charge is -2.34. The van der Waals surface area contributed by atoms with Crippen molar-refractivity contribution >= 4 is 12.0 Å². The van der Waals surface area contributed by atoms with Gasteiger partial charge in [0.2, 0.25) is 5.91 Å². The van der Waals surface area contributed by atoms with Crippen LogP contribution in [-0.4, -0.2) is 43.1 Å². The molecule has 0 aromatic heterocycles. The van der Waals surface area contributed by atoms with E-state index >= 15 is 0 Å². The molecule has 0 bridgehead atoms. The predicted molar refractivity (Wildman–Crippen MR) is 89.9 cm³/mol. The number of alkyl carbamates (subject to hydrolysis) is 1. The summed E-state index contributed by atoms with van der Waals surface area (Å²) in [6, 6.07) is 5.45. The van der Waals surface area contributed by atoms with Crippen LogP contribution in [0.1, 0.15) is 30.4 Å².